The fraction of sp³-hybridized carbons (Fsp3) is 0.600. The van der Waals surface area contributed by atoms with Crippen molar-refractivity contribution in [2.45, 2.75) is 33.2 Å². The molecular formula is C15H24BrNO2. The first-order valence-corrected chi connectivity index (χ1v) is 7.77. The molecule has 1 aromatic rings. The maximum absolute atomic E-state index is 5.78. The van der Waals surface area contributed by atoms with Gasteiger partial charge in [-0.3, -0.25) is 0 Å². The van der Waals surface area contributed by atoms with Crippen LogP contribution in [0.15, 0.2) is 22.7 Å². The van der Waals surface area contributed by atoms with Crippen molar-refractivity contribution in [3.8, 4) is 5.75 Å². The fourth-order valence-corrected chi connectivity index (χ4v) is 2.09. The molecule has 0 aliphatic heterocycles. The Morgan fingerprint density at radius 2 is 1.95 bits per heavy atom. The SMILES string of the molecule is CCCNCc1cc(Br)ccc1OCCOCCC. The Morgan fingerprint density at radius 1 is 1.11 bits per heavy atom. The Morgan fingerprint density at radius 3 is 2.68 bits per heavy atom. The van der Waals surface area contributed by atoms with Gasteiger partial charge in [0, 0.05) is 23.2 Å². The van der Waals surface area contributed by atoms with Gasteiger partial charge in [-0.15, -0.1) is 0 Å². The maximum Gasteiger partial charge on any atom is 0.123 e. The van der Waals surface area contributed by atoms with Crippen LogP contribution in [0.5, 0.6) is 5.75 Å². The molecule has 0 bridgehead atoms. The van der Waals surface area contributed by atoms with E-state index < -0.39 is 0 Å². The Hall–Kier alpha value is -0.580. The lowest BCUT2D eigenvalue weighted by Gasteiger charge is -2.13. The second kappa shape index (κ2) is 10.2. The highest BCUT2D eigenvalue weighted by molar-refractivity contribution is 9.10. The smallest absolute Gasteiger partial charge is 0.123 e. The standard InChI is InChI=1S/C15H24BrNO2/c1-3-7-17-12-13-11-14(16)5-6-15(13)19-10-9-18-8-4-2/h5-6,11,17H,3-4,7-10,12H2,1-2H3. The van der Waals surface area contributed by atoms with E-state index in [0.717, 1.165) is 42.8 Å². The van der Waals surface area contributed by atoms with Crippen molar-refractivity contribution in [3.05, 3.63) is 28.2 Å². The highest BCUT2D eigenvalue weighted by Gasteiger charge is 2.04. The molecule has 19 heavy (non-hydrogen) atoms. The van der Waals surface area contributed by atoms with Crippen LogP contribution in [0.1, 0.15) is 32.3 Å². The van der Waals surface area contributed by atoms with E-state index in [0.29, 0.717) is 13.2 Å². The topological polar surface area (TPSA) is 30.5 Å². The van der Waals surface area contributed by atoms with Crippen LogP contribution in [0.3, 0.4) is 0 Å². The van der Waals surface area contributed by atoms with E-state index in [4.69, 9.17) is 9.47 Å². The monoisotopic (exact) mass is 329 g/mol. The van der Waals surface area contributed by atoms with Crippen molar-refractivity contribution >= 4 is 15.9 Å². The van der Waals surface area contributed by atoms with Crippen molar-refractivity contribution in [3.63, 3.8) is 0 Å². The first-order valence-electron chi connectivity index (χ1n) is 6.97. The van der Waals surface area contributed by atoms with Gasteiger partial charge in [0.15, 0.2) is 0 Å². The van der Waals surface area contributed by atoms with Crippen molar-refractivity contribution in [2.75, 3.05) is 26.4 Å². The summed E-state index contributed by atoms with van der Waals surface area (Å²) in [7, 11) is 0. The summed E-state index contributed by atoms with van der Waals surface area (Å²) >= 11 is 3.50. The molecule has 1 aromatic carbocycles. The highest BCUT2D eigenvalue weighted by Crippen LogP contribution is 2.23. The van der Waals surface area contributed by atoms with E-state index in [-0.39, 0.29) is 0 Å². The van der Waals surface area contributed by atoms with Gasteiger partial charge in [0.2, 0.25) is 0 Å². The van der Waals surface area contributed by atoms with Gasteiger partial charge >= 0.3 is 0 Å². The number of hydrogen-bond acceptors (Lipinski definition) is 3. The molecule has 0 unspecified atom stereocenters. The van der Waals surface area contributed by atoms with Gasteiger partial charge in [-0.1, -0.05) is 29.8 Å². The third-order valence-corrected chi connectivity index (χ3v) is 3.09. The number of rotatable bonds is 10. The van der Waals surface area contributed by atoms with Crippen LogP contribution in [0.2, 0.25) is 0 Å². The van der Waals surface area contributed by atoms with Crippen LogP contribution in [0.4, 0.5) is 0 Å². The minimum atomic E-state index is 0.600. The van der Waals surface area contributed by atoms with Crippen molar-refractivity contribution < 1.29 is 9.47 Å². The van der Waals surface area contributed by atoms with E-state index in [9.17, 15) is 0 Å². The lowest BCUT2D eigenvalue weighted by atomic mass is 10.2. The molecular weight excluding hydrogens is 306 g/mol. The number of hydrogen-bond donors (Lipinski definition) is 1. The molecule has 0 atom stereocenters. The third kappa shape index (κ3) is 6.95. The molecule has 0 aliphatic carbocycles. The summed E-state index contributed by atoms with van der Waals surface area (Å²) in [6, 6.07) is 6.11. The molecule has 0 heterocycles. The average Bonchev–Trinajstić information content (AvgIpc) is 2.41. The summed E-state index contributed by atoms with van der Waals surface area (Å²) in [5.41, 5.74) is 1.18. The Kier molecular flexibility index (Phi) is 8.88. The Bertz CT molecular complexity index is 358. The van der Waals surface area contributed by atoms with Gasteiger partial charge in [-0.25, -0.2) is 0 Å². The number of ether oxygens (including phenoxy) is 2. The summed E-state index contributed by atoms with van der Waals surface area (Å²) < 4.78 is 12.3. The van der Waals surface area contributed by atoms with Crippen LogP contribution < -0.4 is 10.1 Å². The lowest BCUT2D eigenvalue weighted by molar-refractivity contribution is 0.100. The molecule has 1 rings (SSSR count). The van der Waals surface area contributed by atoms with Gasteiger partial charge < -0.3 is 14.8 Å². The summed E-state index contributed by atoms with van der Waals surface area (Å²) in [5, 5.41) is 3.40. The molecule has 1 N–H and O–H groups in total. The molecule has 0 aromatic heterocycles. The quantitative estimate of drug-likeness (QED) is 0.663. The predicted molar refractivity (Wildman–Crippen MR) is 82.7 cm³/mol. The Balaban J connectivity index is 2.45. The second-order valence-corrected chi connectivity index (χ2v) is 5.31. The van der Waals surface area contributed by atoms with Gasteiger partial charge in [0.05, 0.1) is 6.61 Å². The van der Waals surface area contributed by atoms with E-state index in [2.05, 4.69) is 41.2 Å². The fourth-order valence-electron chi connectivity index (χ4n) is 1.68. The zero-order valence-electron chi connectivity index (χ0n) is 11.9. The minimum absolute atomic E-state index is 0.600. The summed E-state index contributed by atoms with van der Waals surface area (Å²) in [5.74, 6) is 0.937. The molecule has 0 saturated heterocycles. The first kappa shape index (κ1) is 16.5. The first-order chi connectivity index (χ1) is 9.27. The summed E-state index contributed by atoms with van der Waals surface area (Å²) in [6.07, 6.45) is 2.18. The molecule has 0 aliphatic rings. The van der Waals surface area contributed by atoms with Gasteiger partial charge in [0.1, 0.15) is 12.4 Å². The van der Waals surface area contributed by atoms with Crippen LogP contribution in [0.25, 0.3) is 0 Å². The number of halogens is 1. The molecule has 0 amide bonds. The molecule has 0 radical (unpaired) electrons. The van der Waals surface area contributed by atoms with E-state index in [1.165, 1.54) is 5.56 Å². The van der Waals surface area contributed by atoms with Crippen molar-refractivity contribution in [1.29, 1.82) is 0 Å². The van der Waals surface area contributed by atoms with E-state index >= 15 is 0 Å². The van der Waals surface area contributed by atoms with Gasteiger partial charge in [-0.2, -0.15) is 0 Å². The zero-order valence-corrected chi connectivity index (χ0v) is 13.5. The largest absolute Gasteiger partial charge is 0.491 e. The molecule has 0 spiro atoms. The van der Waals surface area contributed by atoms with E-state index in [1.54, 1.807) is 0 Å². The van der Waals surface area contributed by atoms with Crippen molar-refractivity contribution in [2.24, 2.45) is 0 Å². The number of benzene rings is 1. The van der Waals surface area contributed by atoms with Gasteiger partial charge in [0.25, 0.3) is 0 Å². The molecule has 4 heteroatoms. The average molecular weight is 330 g/mol. The molecule has 3 nitrogen and oxygen atoms in total. The zero-order chi connectivity index (χ0) is 13.9. The molecule has 0 saturated carbocycles. The molecule has 0 fully saturated rings. The second-order valence-electron chi connectivity index (χ2n) is 4.39. The maximum atomic E-state index is 5.78. The number of nitrogens with one attached hydrogen (secondary N) is 1. The van der Waals surface area contributed by atoms with Crippen molar-refractivity contribution in [1.82, 2.24) is 5.32 Å². The highest BCUT2D eigenvalue weighted by atomic mass is 79.9. The molecule has 108 valence electrons. The van der Waals surface area contributed by atoms with E-state index in [1.807, 2.05) is 12.1 Å². The third-order valence-electron chi connectivity index (χ3n) is 2.60. The predicted octanol–water partition coefficient (Wildman–Crippen LogP) is 3.75. The van der Waals surface area contributed by atoms with Crippen LogP contribution >= 0.6 is 15.9 Å². The van der Waals surface area contributed by atoms with Crippen LogP contribution in [-0.2, 0) is 11.3 Å². The minimum Gasteiger partial charge on any atom is -0.491 e. The lowest BCUT2D eigenvalue weighted by Crippen LogP contribution is -2.15. The summed E-state index contributed by atoms with van der Waals surface area (Å²) in [4.78, 5) is 0. The summed E-state index contributed by atoms with van der Waals surface area (Å²) in [6.45, 7) is 8.16. The van der Waals surface area contributed by atoms with Crippen LogP contribution in [-0.4, -0.2) is 26.4 Å². The Labute approximate surface area is 124 Å². The van der Waals surface area contributed by atoms with Crippen LogP contribution in [0, 0.1) is 0 Å². The van der Waals surface area contributed by atoms with Gasteiger partial charge in [-0.05, 0) is 37.6 Å². The normalized spacial score (nSPS) is 10.7.